The predicted octanol–water partition coefficient (Wildman–Crippen LogP) is 5.11. The van der Waals surface area contributed by atoms with Gasteiger partial charge in [-0.1, -0.05) is 41.4 Å². The van der Waals surface area contributed by atoms with Gasteiger partial charge >= 0.3 is 0 Å². The second kappa shape index (κ2) is 6.97. The summed E-state index contributed by atoms with van der Waals surface area (Å²) >= 11 is 15.3. The average Bonchev–Trinajstić information content (AvgIpc) is 2.99. The van der Waals surface area contributed by atoms with Gasteiger partial charge in [0.2, 0.25) is 0 Å². The Morgan fingerprint density at radius 3 is 2.33 bits per heavy atom. The molecule has 3 N–H and O–H groups in total. The summed E-state index contributed by atoms with van der Waals surface area (Å²) in [4.78, 5) is 16.6. The topological polar surface area (TPSA) is 67.5 Å². The van der Waals surface area contributed by atoms with Crippen LogP contribution < -0.4 is 11.1 Å². The number of rotatable bonds is 3. The molecular formula is C17H12BrCl2N3O. The number of nitrogens with two attached hydrogens (primary N) is 1. The largest absolute Gasteiger partial charge is 0.387 e. The highest BCUT2D eigenvalue weighted by molar-refractivity contribution is 9.10. The first-order valence-electron chi connectivity index (χ1n) is 7.03. The highest BCUT2D eigenvalue weighted by Crippen LogP contribution is 2.32. The Labute approximate surface area is 157 Å². The first-order valence-corrected chi connectivity index (χ1v) is 8.58. The molecule has 1 heterocycles. The van der Waals surface area contributed by atoms with Crippen molar-refractivity contribution in [2.24, 2.45) is 10.7 Å². The van der Waals surface area contributed by atoms with Crippen LogP contribution in [0.25, 0.3) is 5.70 Å². The van der Waals surface area contributed by atoms with E-state index in [2.05, 4.69) is 26.2 Å². The molecule has 24 heavy (non-hydrogen) atoms. The van der Waals surface area contributed by atoms with Crippen molar-refractivity contribution in [1.29, 1.82) is 0 Å². The SMILES string of the molecule is NC1=NC(c2ccc(NC(=O)c3cc(Cl)c(Br)c(Cl)c3)cc2)=CC1. The zero-order valence-corrected chi connectivity index (χ0v) is 15.4. The Hall–Kier alpha value is -1.82. The quantitative estimate of drug-likeness (QED) is 0.672. The van der Waals surface area contributed by atoms with Gasteiger partial charge in [0, 0.05) is 23.2 Å². The molecule has 1 aliphatic rings. The number of carbonyl (C=O) groups excluding carboxylic acids is 1. The lowest BCUT2D eigenvalue weighted by Crippen LogP contribution is -2.12. The fraction of sp³-hybridized carbons (Fsp3) is 0.0588. The Kier molecular flexibility index (Phi) is 4.94. The lowest BCUT2D eigenvalue weighted by molar-refractivity contribution is 0.102. The summed E-state index contributed by atoms with van der Waals surface area (Å²) in [5, 5.41) is 3.57. The van der Waals surface area contributed by atoms with E-state index >= 15 is 0 Å². The highest BCUT2D eigenvalue weighted by Gasteiger charge is 2.12. The molecule has 7 heteroatoms. The first kappa shape index (κ1) is 17.0. The maximum atomic E-state index is 12.3. The maximum Gasteiger partial charge on any atom is 0.255 e. The molecule has 0 radical (unpaired) electrons. The summed E-state index contributed by atoms with van der Waals surface area (Å²) in [6.07, 6.45) is 2.63. The van der Waals surface area contributed by atoms with Gasteiger partial charge in [-0.3, -0.25) is 4.79 Å². The molecular weight excluding hydrogens is 413 g/mol. The molecule has 0 unspecified atom stereocenters. The molecule has 0 aliphatic carbocycles. The van der Waals surface area contributed by atoms with E-state index in [0.717, 1.165) is 11.3 Å². The molecule has 0 fully saturated rings. The molecule has 0 atom stereocenters. The number of hydrogen-bond donors (Lipinski definition) is 2. The zero-order valence-electron chi connectivity index (χ0n) is 12.3. The Morgan fingerprint density at radius 1 is 1.17 bits per heavy atom. The van der Waals surface area contributed by atoms with Gasteiger partial charge in [0.15, 0.2) is 0 Å². The second-order valence-electron chi connectivity index (χ2n) is 5.18. The number of hydrogen-bond acceptors (Lipinski definition) is 3. The summed E-state index contributed by atoms with van der Waals surface area (Å²) in [5.74, 6) is 0.313. The summed E-state index contributed by atoms with van der Waals surface area (Å²) in [7, 11) is 0. The van der Waals surface area contributed by atoms with Crippen LogP contribution in [-0.4, -0.2) is 11.7 Å². The fourth-order valence-corrected chi connectivity index (χ4v) is 2.96. The van der Waals surface area contributed by atoms with E-state index in [1.165, 1.54) is 0 Å². The van der Waals surface area contributed by atoms with Gasteiger partial charge in [0.25, 0.3) is 5.91 Å². The first-order chi connectivity index (χ1) is 11.4. The standard InChI is InChI=1S/C17H12BrCl2N3O/c18-16-12(19)7-10(8-13(16)20)17(24)22-11-3-1-9(2-4-11)14-5-6-15(21)23-14/h1-5,7-8H,6H2,(H2,21,23)(H,22,24). The number of halogens is 3. The third kappa shape index (κ3) is 3.64. The Bertz CT molecular complexity index is 853. The molecule has 0 spiro atoms. The molecule has 4 nitrogen and oxygen atoms in total. The van der Waals surface area contributed by atoms with E-state index in [1.807, 2.05) is 18.2 Å². The van der Waals surface area contributed by atoms with Crippen molar-refractivity contribution in [2.45, 2.75) is 6.42 Å². The Morgan fingerprint density at radius 2 is 1.79 bits per heavy atom. The van der Waals surface area contributed by atoms with E-state index < -0.39 is 0 Å². The molecule has 0 saturated carbocycles. The smallest absolute Gasteiger partial charge is 0.255 e. The number of carbonyl (C=O) groups is 1. The van der Waals surface area contributed by atoms with Gasteiger partial charge in [-0.25, -0.2) is 4.99 Å². The number of anilines is 1. The molecule has 1 aliphatic heterocycles. The second-order valence-corrected chi connectivity index (χ2v) is 6.79. The molecule has 1 amide bonds. The summed E-state index contributed by atoms with van der Waals surface area (Å²) in [6, 6.07) is 10.5. The lowest BCUT2D eigenvalue weighted by Gasteiger charge is -2.08. The van der Waals surface area contributed by atoms with E-state index in [4.69, 9.17) is 28.9 Å². The van der Waals surface area contributed by atoms with Crippen molar-refractivity contribution in [3.63, 3.8) is 0 Å². The number of nitrogens with zero attached hydrogens (tertiary/aromatic N) is 1. The third-order valence-corrected chi connectivity index (χ3v) is 5.36. The molecule has 0 bridgehead atoms. The zero-order chi connectivity index (χ0) is 17.3. The van der Waals surface area contributed by atoms with Crippen LogP contribution in [0.1, 0.15) is 22.3 Å². The summed E-state index contributed by atoms with van der Waals surface area (Å²) in [5.41, 5.74) is 8.51. The van der Waals surface area contributed by atoms with E-state index in [-0.39, 0.29) is 5.91 Å². The molecule has 0 aromatic heterocycles. The molecule has 2 aromatic rings. The lowest BCUT2D eigenvalue weighted by atomic mass is 10.1. The number of amides is 1. The van der Waals surface area contributed by atoms with E-state index in [0.29, 0.717) is 38.0 Å². The van der Waals surface area contributed by atoms with Crippen LogP contribution in [-0.2, 0) is 0 Å². The van der Waals surface area contributed by atoms with Crippen molar-refractivity contribution in [3.05, 3.63) is 68.1 Å². The third-order valence-electron chi connectivity index (χ3n) is 3.45. The van der Waals surface area contributed by atoms with Gasteiger partial charge in [0.1, 0.15) is 5.84 Å². The monoisotopic (exact) mass is 423 g/mol. The van der Waals surface area contributed by atoms with Crippen LogP contribution in [0.5, 0.6) is 0 Å². The Balaban J connectivity index is 1.75. The van der Waals surface area contributed by atoms with Gasteiger partial charge < -0.3 is 11.1 Å². The van der Waals surface area contributed by atoms with Crippen LogP contribution in [0.2, 0.25) is 10.0 Å². The molecule has 2 aromatic carbocycles. The predicted molar refractivity (Wildman–Crippen MR) is 103 cm³/mol. The number of nitrogens with one attached hydrogen (secondary N) is 1. The van der Waals surface area contributed by atoms with Crippen LogP contribution in [0.4, 0.5) is 5.69 Å². The van der Waals surface area contributed by atoms with Crippen molar-refractivity contribution >= 4 is 62.3 Å². The molecule has 0 saturated heterocycles. The average molecular weight is 425 g/mol. The minimum Gasteiger partial charge on any atom is -0.387 e. The number of benzene rings is 2. The van der Waals surface area contributed by atoms with Crippen LogP contribution in [0.3, 0.4) is 0 Å². The van der Waals surface area contributed by atoms with E-state index in [9.17, 15) is 4.79 Å². The van der Waals surface area contributed by atoms with Crippen LogP contribution >= 0.6 is 39.1 Å². The van der Waals surface area contributed by atoms with Gasteiger partial charge in [0.05, 0.1) is 20.2 Å². The molecule has 3 rings (SSSR count). The van der Waals surface area contributed by atoms with Crippen molar-refractivity contribution in [3.8, 4) is 0 Å². The maximum absolute atomic E-state index is 12.3. The van der Waals surface area contributed by atoms with Crippen molar-refractivity contribution < 1.29 is 4.79 Å². The van der Waals surface area contributed by atoms with Gasteiger partial charge in [-0.05, 0) is 40.2 Å². The van der Waals surface area contributed by atoms with Crippen molar-refractivity contribution in [1.82, 2.24) is 0 Å². The normalized spacial score (nSPS) is 13.5. The van der Waals surface area contributed by atoms with Crippen LogP contribution in [0, 0.1) is 0 Å². The number of aliphatic imine (C=N–C) groups is 1. The van der Waals surface area contributed by atoms with Gasteiger partial charge in [-0.2, -0.15) is 0 Å². The van der Waals surface area contributed by atoms with Crippen LogP contribution in [0.15, 0.2) is 51.9 Å². The summed E-state index contributed by atoms with van der Waals surface area (Å²) < 4.78 is 0.566. The molecule has 122 valence electrons. The van der Waals surface area contributed by atoms with Gasteiger partial charge in [-0.15, -0.1) is 0 Å². The van der Waals surface area contributed by atoms with Crippen molar-refractivity contribution in [2.75, 3.05) is 5.32 Å². The van der Waals surface area contributed by atoms with E-state index in [1.54, 1.807) is 24.3 Å². The minimum absolute atomic E-state index is 0.290. The minimum atomic E-state index is -0.290. The highest BCUT2D eigenvalue weighted by atomic mass is 79.9. The fourth-order valence-electron chi connectivity index (χ4n) is 2.24. The number of amidine groups is 1. The summed E-state index contributed by atoms with van der Waals surface area (Å²) in [6.45, 7) is 0.